The van der Waals surface area contributed by atoms with Gasteiger partial charge in [-0.1, -0.05) is 47.7 Å². The molecule has 0 saturated heterocycles. The monoisotopic (exact) mass is 410 g/mol. The molecule has 8 nitrogen and oxygen atoms in total. The van der Waals surface area contributed by atoms with Crippen molar-refractivity contribution in [3.05, 3.63) is 82.0 Å². The third-order valence-electron chi connectivity index (χ3n) is 4.74. The highest BCUT2D eigenvalue weighted by Crippen LogP contribution is 2.18. The maximum atomic E-state index is 13.1. The topological polar surface area (TPSA) is 102 Å². The molecule has 1 aromatic heterocycles. The van der Waals surface area contributed by atoms with Crippen molar-refractivity contribution in [2.24, 2.45) is 0 Å². The maximum absolute atomic E-state index is 13.1. The first-order chi connectivity index (χ1) is 13.9. The number of aromatic nitrogens is 3. The predicted octanol–water partition coefficient (Wildman–Crippen LogP) is 1.13. The first-order valence-corrected chi connectivity index (χ1v) is 10.7. The fraction of sp³-hybridized carbons (Fsp3) is 0.200. The third kappa shape index (κ3) is 4.09. The standard InChI is InChI=1S/C20H18N4O4S/c25-19(13-24-20(26)17-8-4-5-9-18(17)21-22-24)23(12-15-6-2-1-3-7-15)16-10-11-29(27,28)14-16/h1-11,16H,12-14H2/t16-/m0/s1. The molecular formula is C20H18N4O4S. The highest BCUT2D eigenvalue weighted by Gasteiger charge is 2.30. The Labute approximate surface area is 167 Å². The minimum Gasteiger partial charge on any atom is -0.329 e. The van der Waals surface area contributed by atoms with E-state index in [0.29, 0.717) is 10.9 Å². The average Bonchev–Trinajstić information content (AvgIpc) is 3.08. The van der Waals surface area contributed by atoms with Gasteiger partial charge in [-0.25, -0.2) is 13.1 Å². The van der Waals surface area contributed by atoms with Crippen LogP contribution in [0.5, 0.6) is 0 Å². The van der Waals surface area contributed by atoms with Crippen molar-refractivity contribution in [2.45, 2.75) is 19.1 Å². The van der Waals surface area contributed by atoms with Crippen LogP contribution in [-0.4, -0.2) is 46.0 Å². The van der Waals surface area contributed by atoms with Crippen molar-refractivity contribution in [1.29, 1.82) is 0 Å². The molecule has 9 heteroatoms. The van der Waals surface area contributed by atoms with Crippen LogP contribution in [-0.2, 0) is 27.7 Å². The zero-order valence-electron chi connectivity index (χ0n) is 15.4. The normalized spacial score (nSPS) is 17.4. The Morgan fingerprint density at radius 2 is 1.83 bits per heavy atom. The van der Waals surface area contributed by atoms with Crippen molar-refractivity contribution in [3.63, 3.8) is 0 Å². The van der Waals surface area contributed by atoms with Crippen LogP contribution in [0, 0.1) is 0 Å². The summed E-state index contributed by atoms with van der Waals surface area (Å²) in [5.41, 5.74) is 0.890. The summed E-state index contributed by atoms with van der Waals surface area (Å²) < 4.78 is 24.8. The molecule has 1 atom stereocenters. The third-order valence-corrected chi connectivity index (χ3v) is 6.12. The molecule has 0 spiro atoms. The molecule has 29 heavy (non-hydrogen) atoms. The molecule has 0 unspecified atom stereocenters. The van der Waals surface area contributed by atoms with E-state index in [2.05, 4.69) is 10.3 Å². The Bertz CT molecular complexity index is 1250. The lowest BCUT2D eigenvalue weighted by Gasteiger charge is -2.27. The van der Waals surface area contributed by atoms with E-state index < -0.39 is 27.3 Å². The van der Waals surface area contributed by atoms with Gasteiger partial charge in [-0.3, -0.25) is 9.59 Å². The van der Waals surface area contributed by atoms with Gasteiger partial charge in [-0.15, -0.1) is 5.10 Å². The van der Waals surface area contributed by atoms with E-state index in [-0.39, 0.29) is 18.8 Å². The number of sulfone groups is 1. The molecule has 0 bridgehead atoms. The SMILES string of the molecule is O=C(Cn1nnc2ccccc2c1=O)N(Cc1ccccc1)[C@H]1C=CS(=O)(=O)C1. The summed E-state index contributed by atoms with van der Waals surface area (Å²) in [7, 11) is -3.35. The van der Waals surface area contributed by atoms with Crippen LogP contribution in [0.25, 0.3) is 10.9 Å². The van der Waals surface area contributed by atoms with E-state index in [4.69, 9.17) is 0 Å². The molecule has 1 aliphatic rings. The number of hydrogen-bond acceptors (Lipinski definition) is 6. The second kappa shape index (κ2) is 7.59. The summed E-state index contributed by atoms with van der Waals surface area (Å²) in [6, 6.07) is 15.4. The van der Waals surface area contributed by atoms with Gasteiger partial charge in [0.05, 0.1) is 17.2 Å². The maximum Gasteiger partial charge on any atom is 0.278 e. The Morgan fingerprint density at radius 3 is 2.55 bits per heavy atom. The molecular weight excluding hydrogens is 392 g/mol. The second-order valence-corrected chi connectivity index (χ2v) is 8.73. The van der Waals surface area contributed by atoms with Gasteiger partial charge in [0, 0.05) is 12.0 Å². The van der Waals surface area contributed by atoms with E-state index in [1.165, 1.54) is 11.0 Å². The minimum absolute atomic E-state index is 0.177. The molecule has 4 rings (SSSR count). The van der Waals surface area contributed by atoms with Gasteiger partial charge >= 0.3 is 0 Å². The molecule has 3 aromatic rings. The van der Waals surface area contributed by atoms with Crippen LogP contribution < -0.4 is 5.56 Å². The quantitative estimate of drug-likeness (QED) is 0.625. The van der Waals surface area contributed by atoms with Gasteiger partial charge in [-0.05, 0) is 23.8 Å². The van der Waals surface area contributed by atoms with Crippen LogP contribution in [0.3, 0.4) is 0 Å². The number of carbonyl (C=O) groups is 1. The summed E-state index contributed by atoms with van der Waals surface area (Å²) >= 11 is 0. The molecule has 0 N–H and O–H groups in total. The zero-order chi connectivity index (χ0) is 20.4. The fourth-order valence-electron chi connectivity index (χ4n) is 3.27. The van der Waals surface area contributed by atoms with Gasteiger partial charge in [0.1, 0.15) is 12.1 Å². The number of carbonyl (C=O) groups excluding carboxylic acids is 1. The second-order valence-electron chi connectivity index (χ2n) is 6.80. The fourth-order valence-corrected chi connectivity index (χ4v) is 4.57. The van der Waals surface area contributed by atoms with Crippen LogP contribution in [0.15, 0.2) is 70.9 Å². The number of nitrogens with zero attached hydrogens (tertiary/aromatic N) is 4. The van der Waals surface area contributed by atoms with Crippen LogP contribution in [0.2, 0.25) is 0 Å². The summed E-state index contributed by atoms with van der Waals surface area (Å²) in [4.78, 5) is 27.2. The van der Waals surface area contributed by atoms with Crippen molar-refractivity contribution < 1.29 is 13.2 Å². The molecule has 1 aliphatic heterocycles. The van der Waals surface area contributed by atoms with Crippen LogP contribution in [0.4, 0.5) is 0 Å². The summed E-state index contributed by atoms with van der Waals surface area (Å²) in [6.07, 6.45) is 1.50. The van der Waals surface area contributed by atoms with Crippen LogP contribution in [0.1, 0.15) is 5.56 Å². The lowest BCUT2D eigenvalue weighted by Crippen LogP contribution is -2.43. The van der Waals surface area contributed by atoms with Gasteiger partial charge in [0.2, 0.25) is 5.91 Å². The lowest BCUT2D eigenvalue weighted by molar-refractivity contribution is -0.133. The molecule has 148 valence electrons. The van der Waals surface area contributed by atoms with E-state index >= 15 is 0 Å². The highest BCUT2D eigenvalue weighted by atomic mass is 32.2. The van der Waals surface area contributed by atoms with Gasteiger partial charge in [0.25, 0.3) is 5.56 Å². The molecule has 0 fully saturated rings. The molecule has 2 aromatic carbocycles. The Hall–Kier alpha value is -3.33. The first-order valence-electron chi connectivity index (χ1n) is 9.00. The summed E-state index contributed by atoms with van der Waals surface area (Å²) in [5.74, 6) is -0.587. The number of hydrogen-bond donors (Lipinski definition) is 0. The number of fused-ring (bicyclic) bond motifs is 1. The Kier molecular flexibility index (Phi) is 4.98. The molecule has 0 radical (unpaired) electrons. The minimum atomic E-state index is -3.35. The van der Waals surface area contributed by atoms with E-state index in [9.17, 15) is 18.0 Å². The Morgan fingerprint density at radius 1 is 1.10 bits per heavy atom. The van der Waals surface area contributed by atoms with Crippen molar-refractivity contribution in [1.82, 2.24) is 19.9 Å². The Balaban J connectivity index is 1.64. The van der Waals surface area contributed by atoms with E-state index in [1.807, 2.05) is 30.3 Å². The van der Waals surface area contributed by atoms with Gasteiger partial charge < -0.3 is 4.90 Å². The highest BCUT2D eigenvalue weighted by molar-refractivity contribution is 7.94. The van der Waals surface area contributed by atoms with Crippen molar-refractivity contribution >= 4 is 26.6 Å². The summed E-state index contributed by atoms with van der Waals surface area (Å²) in [6.45, 7) is -0.103. The lowest BCUT2D eigenvalue weighted by atomic mass is 10.1. The van der Waals surface area contributed by atoms with Gasteiger partial charge in [0.15, 0.2) is 9.84 Å². The zero-order valence-corrected chi connectivity index (χ0v) is 16.2. The number of amides is 1. The van der Waals surface area contributed by atoms with Crippen LogP contribution >= 0.6 is 0 Å². The molecule has 0 saturated carbocycles. The van der Waals surface area contributed by atoms with Gasteiger partial charge in [-0.2, -0.15) is 0 Å². The molecule has 1 amide bonds. The van der Waals surface area contributed by atoms with Crippen molar-refractivity contribution in [3.8, 4) is 0 Å². The van der Waals surface area contributed by atoms with E-state index in [0.717, 1.165) is 15.7 Å². The predicted molar refractivity (Wildman–Crippen MR) is 108 cm³/mol. The molecule has 2 heterocycles. The molecule has 0 aliphatic carbocycles. The average molecular weight is 410 g/mol. The summed E-state index contributed by atoms with van der Waals surface area (Å²) in [5, 5.41) is 9.35. The number of benzene rings is 2. The smallest absolute Gasteiger partial charge is 0.278 e. The number of rotatable bonds is 5. The largest absolute Gasteiger partial charge is 0.329 e. The first kappa shape index (κ1) is 19.0. The van der Waals surface area contributed by atoms with Crippen molar-refractivity contribution in [2.75, 3.05) is 5.75 Å². The van der Waals surface area contributed by atoms with E-state index in [1.54, 1.807) is 24.3 Å².